The van der Waals surface area contributed by atoms with Crippen LogP contribution in [0.1, 0.15) is 0 Å². The third kappa shape index (κ3) is 3.21. The standard InChI is InChI=1S/C41H24N6/c1-3-11-25(12-4-1)45-33-18-8-7-15-27(33)30-23-31-36(24-35(30)45)46(26-13-5-2-6-14-26)34-20-19-28-29-16-9-21-42-39(29)47-40-32(17-10-22-43-40)44-41(47)38(28)37(31)34/h1-24H. The van der Waals surface area contributed by atoms with Crippen LogP contribution in [0.2, 0.25) is 0 Å². The van der Waals surface area contributed by atoms with Crippen molar-refractivity contribution in [2.75, 3.05) is 0 Å². The summed E-state index contributed by atoms with van der Waals surface area (Å²) in [5, 5.41) is 8.10. The Labute approximate surface area is 267 Å². The summed E-state index contributed by atoms with van der Waals surface area (Å²) in [6.45, 7) is 0. The lowest BCUT2D eigenvalue weighted by atomic mass is 10.0. The first-order valence-electron chi connectivity index (χ1n) is 15.8. The van der Waals surface area contributed by atoms with Crippen molar-refractivity contribution in [1.82, 2.24) is 28.5 Å². The second-order valence-electron chi connectivity index (χ2n) is 12.1. The van der Waals surface area contributed by atoms with Crippen LogP contribution in [0.4, 0.5) is 0 Å². The van der Waals surface area contributed by atoms with Gasteiger partial charge in [0.25, 0.3) is 0 Å². The van der Waals surface area contributed by atoms with Gasteiger partial charge < -0.3 is 9.13 Å². The van der Waals surface area contributed by atoms with Crippen molar-refractivity contribution < 1.29 is 0 Å². The molecule has 0 N–H and O–H groups in total. The van der Waals surface area contributed by atoms with Crippen LogP contribution in [0.3, 0.4) is 0 Å². The Morgan fingerprint density at radius 2 is 1.04 bits per heavy atom. The summed E-state index contributed by atoms with van der Waals surface area (Å²) in [7, 11) is 0. The van der Waals surface area contributed by atoms with E-state index in [1.165, 1.54) is 32.6 Å². The smallest absolute Gasteiger partial charge is 0.166 e. The zero-order valence-corrected chi connectivity index (χ0v) is 25.0. The third-order valence-electron chi connectivity index (χ3n) is 9.68. The van der Waals surface area contributed by atoms with E-state index in [1.54, 1.807) is 0 Å². The zero-order valence-electron chi connectivity index (χ0n) is 25.0. The molecule has 0 unspecified atom stereocenters. The van der Waals surface area contributed by atoms with Crippen molar-refractivity contribution in [3.05, 3.63) is 146 Å². The molecule has 0 aliphatic heterocycles. The molecule has 0 amide bonds. The third-order valence-corrected chi connectivity index (χ3v) is 9.68. The molecule has 0 bridgehead atoms. The molecule has 5 aromatic carbocycles. The molecule has 0 aliphatic carbocycles. The first kappa shape index (κ1) is 24.8. The average Bonchev–Trinajstić information content (AvgIpc) is 3.79. The number of pyridine rings is 3. The molecule has 0 fully saturated rings. The predicted molar refractivity (Wildman–Crippen MR) is 192 cm³/mol. The molecule has 11 rings (SSSR count). The minimum absolute atomic E-state index is 0.810. The average molecular weight is 601 g/mol. The molecule has 47 heavy (non-hydrogen) atoms. The van der Waals surface area contributed by atoms with Crippen LogP contribution in [0.5, 0.6) is 0 Å². The van der Waals surface area contributed by atoms with Gasteiger partial charge in [0.15, 0.2) is 5.65 Å². The Bertz CT molecular complexity index is 3060. The lowest BCUT2D eigenvalue weighted by Gasteiger charge is -2.11. The maximum absolute atomic E-state index is 5.24. The molecule has 6 aromatic heterocycles. The minimum Gasteiger partial charge on any atom is -0.309 e. The van der Waals surface area contributed by atoms with Gasteiger partial charge in [0.05, 0.1) is 22.1 Å². The van der Waals surface area contributed by atoms with Crippen LogP contribution >= 0.6 is 0 Å². The van der Waals surface area contributed by atoms with E-state index in [0.29, 0.717) is 0 Å². The highest BCUT2D eigenvalue weighted by Gasteiger charge is 2.23. The monoisotopic (exact) mass is 600 g/mol. The first-order chi connectivity index (χ1) is 23.3. The summed E-state index contributed by atoms with van der Waals surface area (Å²) in [6, 6.07) is 47.5. The number of imidazole rings is 1. The van der Waals surface area contributed by atoms with Crippen molar-refractivity contribution in [1.29, 1.82) is 0 Å². The summed E-state index contributed by atoms with van der Waals surface area (Å²) in [5.41, 5.74) is 10.3. The number of aromatic nitrogens is 6. The van der Waals surface area contributed by atoms with Gasteiger partial charge >= 0.3 is 0 Å². The molecular weight excluding hydrogens is 576 g/mol. The second-order valence-corrected chi connectivity index (χ2v) is 12.1. The topological polar surface area (TPSA) is 52.9 Å². The maximum atomic E-state index is 5.24. The molecule has 6 nitrogen and oxygen atoms in total. The van der Waals surface area contributed by atoms with Gasteiger partial charge in [-0.05, 0) is 78.2 Å². The van der Waals surface area contributed by atoms with Crippen LogP contribution < -0.4 is 0 Å². The Morgan fingerprint density at radius 3 is 1.85 bits per heavy atom. The van der Waals surface area contributed by atoms with Gasteiger partial charge in [-0.25, -0.2) is 15.0 Å². The number of hydrogen-bond acceptors (Lipinski definition) is 3. The van der Waals surface area contributed by atoms with E-state index in [-0.39, 0.29) is 0 Å². The highest BCUT2D eigenvalue weighted by Crippen LogP contribution is 2.44. The number of rotatable bonds is 2. The maximum Gasteiger partial charge on any atom is 0.166 e. The van der Waals surface area contributed by atoms with Crippen molar-refractivity contribution in [2.45, 2.75) is 0 Å². The molecule has 0 radical (unpaired) electrons. The zero-order chi connectivity index (χ0) is 30.6. The number of fused-ring (bicyclic) bond motifs is 15. The van der Waals surface area contributed by atoms with E-state index in [2.05, 4.69) is 129 Å². The predicted octanol–water partition coefficient (Wildman–Crippen LogP) is 9.78. The molecule has 11 aromatic rings. The van der Waals surface area contributed by atoms with Crippen LogP contribution in [0.15, 0.2) is 146 Å². The van der Waals surface area contributed by atoms with Gasteiger partial charge in [-0.15, -0.1) is 0 Å². The summed E-state index contributed by atoms with van der Waals surface area (Å²) in [6.07, 6.45) is 3.68. The van der Waals surface area contributed by atoms with Crippen molar-refractivity contribution in [3.8, 4) is 11.4 Å². The van der Waals surface area contributed by atoms with Crippen LogP contribution in [0.25, 0.3) is 93.6 Å². The van der Waals surface area contributed by atoms with Crippen LogP contribution in [0, 0.1) is 0 Å². The van der Waals surface area contributed by atoms with Gasteiger partial charge in [0.1, 0.15) is 16.8 Å². The highest BCUT2D eigenvalue weighted by atomic mass is 15.1. The van der Waals surface area contributed by atoms with Crippen LogP contribution in [-0.4, -0.2) is 28.5 Å². The van der Waals surface area contributed by atoms with E-state index in [0.717, 1.165) is 61.0 Å². The lowest BCUT2D eigenvalue weighted by Crippen LogP contribution is -1.96. The van der Waals surface area contributed by atoms with Gasteiger partial charge in [0.2, 0.25) is 0 Å². The molecule has 0 aliphatic rings. The fraction of sp³-hybridized carbons (Fsp3) is 0. The molecule has 6 heteroatoms. The summed E-state index contributed by atoms with van der Waals surface area (Å²) in [4.78, 5) is 14.9. The fourth-order valence-corrected chi connectivity index (χ4v) is 7.80. The first-order valence-corrected chi connectivity index (χ1v) is 15.8. The van der Waals surface area contributed by atoms with Gasteiger partial charge in [0, 0.05) is 56.1 Å². The molecule has 218 valence electrons. The van der Waals surface area contributed by atoms with E-state index >= 15 is 0 Å². The van der Waals surface area contributed by atoms with E-state index in [9.17, 15) is 0 Å². The Balaban J connectivity index is 1.43. The van der Waals surface area contributed by atoms with Gasteiger partial charge in [-0.2, -0.15) is 0 Å². The molecule has 0 spiro atoms. The number of nitrogens with zero attached hydrogens (tertiary/aromatic N) is 6. The summed E-state index contributed by atoms with van der Waals surface area (Å²) >= 11 is 0. The molecule has 6 heterocycles. The SMILES string of the molecule is c1ccc(-n2c3ccccc3c3cc4c5c6c(ccc5n(-c5ccccc5)c4cc32)c2cccnc2n2c3ncccc3nc62)cc1. The Kier molecular flexibility index (Phi) is 4.75. The fourth-order valence-electron chi connectivity index (χ4n) is 7.80. The highest BCUT2D eigenvalue weighted by molar-refractivity contribution is 6.31. The molecule has 0 atom stereocenters. The van der Waals surface area contributed by atoms with Gasteiger partial charge in [-0.1, -0.05) is 60.7 Å². The lowest BCUT2D eigenvalue weighted by molar-refractivity contribution is 1.16. The van der Waals surface area contributed by atoms with E-state index in [4.69, 9.17) is 15.0 Å². The molecular formula is C41H24N6. The van der Waals surface area contributed by atoms with Crippen LogP contribution in [-0.2, 0) is 0 Å². The van der Waals surface area contributed by atoms with E-state index < -0.39 is 0 Å². The number of benzene rings is 5. The Morgan fingerprint density at radius 1 is 0.383 bits per heavy atom. The quantitative estimate of drug-likeness (QED) is 0.186. The molecule has 0 saturated heterocycles. The van der Waals surface area contributed by atoms with Crippen molar-refractivity contribution in [3.63, 3.8) is 0 Å². The Hall–Kier alpha value is -6.53. The van der Waals surface area contributed by atoms with Crippen molar-refractivity contribution in [2.24, 2.45) is 0 Å². The summed E-state index contributed by atoms with van der Waals surface area (Å²) in [5.74, 6) is 0. The normalized spacial score (nSPS) is 12.3. The second kappa shape index (κ2) is 9.02. The van der Waals surface area contributed by atoms with Crippen molar-refractivity contribution >= 4 is 82.2 Å². The largest absolute Gasteiger partial charge is 0.309 e. The van der Waals surface area contributed by atoms with E-state index in [1.807, 2.05) is 30.6 Å². The number of hydrogen-bond donors (Lipinski definition) is 0. The summed E-state index contributed by atoms with van der Waals surface area (Å²) < 4.78 is 6.93. The number of para-hydroxylation sites is 3. The van der Waals surface area contributed by atoms with Gasteiger partial charge in [-0.3, -0.25) is 4.40 Å². The minimum atomic E-state index is 0.810. The molecule has 0 saturated carbocycles.